The van der Waals surface area contributed by atoms with Crippen LogP contribution in [0.4, 0.5) is 4.39 Å². The summed E-state index contributed by atoms with van der Waals surface area (Å²) in [4.78, 5) is 25.3. The van der Waals surface area contributed by atoms with E-state index in [9.17, 15) is 9.18 Å². The molecule has 3 aromatic rings. The number of carbonyl (C=O) groups is 1. The minimum atomic E-state index is -0.566. The molecule has 3 rings (SSSR count). The minimum absolute atomic E-state index is 0.129. The van der Waals surface area contributed by atoms with E-state index in [1.165, 1.54) is 12.1 Å². The predicted octanol–water partition coefficient (Wildman–Crippen LogP) is 3.03. The third-order valence-electron chi connectivity index (χ3n) is 4.19. The summed E-state index contributed by atoms with van der Waals surface area (Å²) in [7, 11) is 5.32. The van der Waals surface area contributed by atoms with Gasteiger partial charge in [-0.25, -0.2) is 9.37 Å². The molecule has 2 aromatic carbocycles. The average molecular weight is 352 g/mol. The molecule has 0 radical (unpaired) electrons. The van der Waals surface area contributed by atoms with Gasteiger partial charge in [-0.2, -0.15) is 0 Å². The Hall–Kier alpha value is -2.86. The van der Waals surface area contributed by atoms with Crippen LogP contribution in [0.3, 0.4) is 0 Å². The molecular weight excluding hydrogens is 331 g/mol. The van der Waals surface area contributed by atoms with Crippen molar-refractivity contribution in [1.82, 2.24) is 19.8 Å². The summed E-state index contributed by atoms with van der Waals surface area (Å²) in [5.41, 5.74) is 2.93. The molecule has 0 spiro atoms. The lowest BCUT2D eigenvalue weighted by atomic mass is 10.0. The normalized spacial score (nSPS) is 12.3. The van der Waals surface area contributed by atoms with Crippen LogP contribution in [0, 0.1) is 5.82 Å². The standard InChI is InChI=1S/C20H21FN4O/c1-24(2)19(14-7-6-8-15(21)11-14)20(26)25(3)13-16-12-22-17-9-4-5-10-18(17)23-16/h4-12,19H,13H2,1-3H3/t19-/m0/s1. The lowest BCUT2D eigenvalue weighted by molar-refractivity contribution is -0.135. The van der Waals surface area contributed by atoms with Gasteiger partial charge in [-0.1, -0.05) is 24.3 Å². The number of likely N-dealkylation sites (N-methyl/N-ethyl adjacent to an activating group) is 2. The van der Waals surface area contributed by atoms with Gasteiger partial charge in [0.25, 0.3) is 0 Å². The highest BCUT2D eigenvalue weighted by molar-refractivity contribution is 5.83. The zero-order valence-corrected chi connectivity index (χ0v) is 15.1. The van der Waals surface area contributed by atoms with Gasteiger partial charge in [0, 0.05) is 7.05 Å². The molecule has 26 heavy (non-hydrogen) atoms. The molecule has 134 valence electrons. The van der Waals surface area contributed by atoms with Crippen LogP contribution in [0.15, 0.2) is 54.7 Å². The molecule has 5 nitrogen and oxygen atoms in total. The van der Waals surface area contributed by atoms with Gasteiger partial charge in [0.15, 0.2) is 0 Å². The summed E-state index contributed by atoms with van der Waals surface area (Å²) in [6.45, 7) is 0.330. The van der Waals surface area contributed by atoms with E-state index in [0.29, 0.717) is 17.8 Å². The highest BCUT2D eigenvalue weighted by Crippen LogP contribution is 2.22. The first-order valence-electron chi connectivity index (χ1n) is 8.33. The van der Waals surface area contributed by atoms with Crippen LogP contribution in [-0.2, 0) is 11.3 Å². The van der Waals surface area contributed by atoms with Crippen molar-refractivity contribution < 1.29 is 9.18 Å². The Bertz CT molecular complexity index is 928. The second-order valence-corrected chi connectivity index (χ2v) is 6.47. The van der Waals surface area contributed by atoms with Gasteiger partial charge in [-0.3, -0.25) is 14.7 Å². The maximum atomic E-state index is 13.6. The van der Waals surface area contributed by atoms with Gasteiger partial charge in [0.1, 0.15) is 11.9 Å². The predicted molar refractivity (Wildman–Crippen MR) is 98.8 cm³/mol. The molecule has 1 atom stereocenters. The number of nitrogens with zero attached hydrogens (tertiary/aromatic N) is 4. The van der Waals surface area contributed by atoms with Crippen LogP contribution in [0.1, 0.15) is 17.3 Å². The van der Waals surface area contributed by atoms with Gasteiger partial charge >= 0.3 is 0 Å². The maximum Gasteiger partial charge on any atom is 0.244 e. The van der Waals surface area contributed by atoms with Crippen molar-refractivity contribution in [1.29, 1.82) is 0 Å². The Kier molecular flexibility index (Phi) is 5.23. The Morgan fingerprint density at radius 1 is 1.08 bits per heavy atom. The number of amides is 1. The lowest BCUT2D eigenvalue weighted by Gasteiger charge is -2.28. The van der Waals surface area contributed by atoms with Gasteiger partial charge in [0.2, 0.25) is 5.91 Å². The number of rotatable bonds is 5. The largest absolute Gasteiger partial charge is 0.338 e. The molecule has 0 aliphatic heterocycles. The van der Waals surface area contributed by atoms with E-state index in [1.54, 1.807) is 49.3 Å². The Labute approximate surface area is 152 Å². The molecule has 6 heteroatoms. The summed E-state index contributed by atoms with van der Waals surface area (Å²) < 4.78 is 13.6. The second kappa shape index (κ2) is 7.58. The molecule has 0 saturated carbocycles. The SMILES string of the molecule is CN(Cc1cnc2ccccc2n1)C(=O)[C@H](c1cccc(F)c1)N(C)C. The van der Waals surface area contributed by atoms with E-state index in [1.807, 2.05) is 24.3 Å². The van der Waals surface area contributed by atoms with Gasteiger partial charge in [-0.15, -0.1) is 0 Å². The monoisotopic (exact) mass is 352 g/mol. The highest BCUT2D eigenvalue weighted by Gasteiger charge is 2.26. The van der Waals surface area contributed by atoms with Crippen LogP contribution < -0.4 is 0 Å². The number of aromatic nitrogens is 2. The van der Waals surface area contributed by atoms with Crippen LogP contribution in [-0.4, -0.2) is 46.8 Å². The van der Waals surface area contributed by atoms with Crippen molar-refractivity contribution >= 4 is 16.9 Å². The molecule has 1 aromatic heterocycles. The maximum absolute atomic E-state index is 13.6. The first-order valence-corrected chi connectivity index (χ1v) is 8.33. The first kappa shape index (κ1) is 17.9. The van der Waals surface area contributed by atoms with Gasteiger partial charge in [-0.05, 0) is 43.9 Å². The van der Waals surface area contributed by atoms with Gasteiger partial charge < -0.3 is 4.90 Å². The van der Waals surface area contributed by atoms with Crippen molar-refractivity contribution in [3.63, 3.8) is 0 Å². The van der Waals surface area contributed by atoms with E-state index < -0.39 is 6.04 Å². The fraction of sp³-hybridized carbons (Fsp3) is 0.250. The van der Waals surface area contributed by atoms with Crippen molar-refractivity contribution in [3.8, 4) is 0 Å². The molecule has 0 aliphatic carbocycles. The first-order chi connectivity index (χ1) is 12.5. The summed E-state index contributed by atoms with van der Waals surface area (Å²) >= 11 is 0. The number of benzene rings is 2. The Morgan fingerprint density at radius 2 is 1.81 bits per heavy atom. The molecule has 1 amide bonds. The molecule has 0 unspecified atom stereocenters. The van der Waals surface area contributed by atoms with E-state index in [0.717, 1.165) is 11.0 Å². The fourth-order valence-electron chi connectivity index (χ4n) is 2.94. The van der Waals surface area contributed by atoms with E-state index >= 15 is 0 Å². The number of fused-ring (bicyclic) bond motifs is 1. The number of hydrogen-bond donors (Lipinski definition) is 0. The summed E-state index contributed by atoms with van der Waals surface area (Å²) in [5, 5.41) is 0. The third kappa shape index (κ3) is 3.86. The molecule has 0 saturated heterocycles. The average Bonchev–Trinajstić information content (AvgIpc) is 2.61. The number of para-hydroxylation sites is 2. The number of halogens is 1. The molecule has 0 aliphatic rings. The third-order valence-corrected chi connectivity index (χ3v) is 4.19. The zero-order valence-electron chi connectivity index (χ0n) is 15.1. The fourth-order valence-corrected chi connectivity index (χ4v) is 2.94. The quantitative estimate of drug-likeness (QED) is 0.708. The number of hydrogen-bond acceptors (Lipinski definition) is 4. The molecule has 1 heterocycles. The summed E-state index contributed by atoms with van der Waals surface area (Å²) in [6, 6.07) is 13.2. The van der Waals surface area contributed by atoms with Crippen molar-refractivity contribution in [3.05, 3.63) is 71.8 Å². The molecule has 0 bridgehead atoms. The van der Waals surface area contributed by atoms with Crippen molar-refractivity contribution in [2.45, 2.75) is 12.6 Å². The Balaban J connectivity index is 1.82. The van der Waals surface area contributed by atoms with E-state index in [2.05, 4.69) is 9.97 Å². The molecule has 0 N–H and O–H groups in total. The Morgan fingerprint density at radius 3 is 2.50 bits per heavy atom. The minimum Gasteiger partial charge on any atom is -0.338 e. The zero-order chi connectivity index (χ0) is 18.7. The molecular formula is C20H21FN4O. The summed E-state index contributed by atoms with van der Waals surface area (Å²) in [6.07, 6.45) is 1.68. The highest BCUT2D eigenvalue weighted by atomic mass is 19.1. The number of carbonyl (C=O) groups excluding carboxylic acids is 1. The second-order valence-electron chi connectivity index (χ2n) is 6.47. The van der Waals surface area contributed by atoms with Gasteiger partial charge in [0.05, 0.1) is 29.5 Å². The van der Waals surface area contributed by atoms with Crippen LogP contribution >= 0.6 is 0 Å². The smallest absolute Gasteiger partial charge is 0.244 e. The van der Waals surface area contributed by atoms with Crippen molar-refractivity contribution in [2.24, 2.45) is 0 Å². The summed E-state index contributed by atoms with van der Waals surface area (Å²) in [5.74, 6) is -0.485. The van der Waals surface area contributed by atoms with E-state index in [4.69, 9.17) is 0 Å². The lowest BCUT2D eigenvalue weighted by Crippen LogP contribution is -2.38. The molecule has 0 fully saturated rings. The topological polar surface area (TPSA) is 49.3 Å². The van der Waals surface area contributed by atoms with Crippen LogP contribution in [0.25, 0.3) is 11.0 Å². The van der Waals surface area contributed by atoms with Crippen LogP contribution in [0.2, 0.25) is 0 Å². The van der Waals surface area contributed by atoms with E-state index in [-0.39, 0.29) is 11.7 Å². The van der Waals surface area contributed by atoms with Crippen LogP contribution in [0.5, 0.6) is 0 Å². The van der Waals surface area contributed by atoms with Crippen molar-refractivity contribution in [2.75, 3.05) is 21.1 Å².